The molecule has 1 saturated carbocycles. The smallest absolute Gasteiger partial charge is 0.00340 e. The van der Waals surface area contributed by atoms with E-state index in [-0.39, 0.29) is 0 Å². The van der Waals surface area contributed by atoms with Crippen LogP contribution in [0.2, 0.25) is 0 Å². The van der Waals surface area contributed by atoms with Gasteiger partial charge >= 0.3 is 0 Å². The van der Waals surface area contributed by atoms with Gasteiger partial charge in [-0.2, -0.15) is 0 Å². The van der Waals surface area contributed by atoms with Gasteiger partial charge in [-0.1, -0.05) is 6.92 Å². The summed E-state index contributed by atoms with van der Waals surface area (Å²) in [4.78, 5) is 0. The molecular formula is C7H16N2. The molecule has 9 heavy (non-hydrogen) atoms. The maximum atomic E-state index is 5.51. The molecule has 0 saturated heterocycles. The fourth-order valence-corrected chi connectivity index (χ4v) is 1.45. The first-order valence-corrected chi connectivity index (χ1v) is 3.69. The Morgan fingerprint density at radius 3 is 2.00 bits per heavy atom. The van der Waals surface area contributed by atoms with Crippen molar-refractivity contribution < 1.29 is 0 Å². The fraction of sp³-hybridized carbons (Fsp3) is 1.00. The first-order valence-electron chi connectivity index (χ1n) is 3.69. The minimum absolute atomic E-state index is 0.597. The van der Waals surface area contributed by atoms with E-state index < -0.39 is 0 Å². The quantitative estimate of drug-likeness (QED) is 0.569. The third kappa shape index (κ3) is 1.43. The van der Waals surface area contributed by atoms with E-state index in [9.17, 15) is 0 Å². The van der Waals surface area contributed by atoms with Gasteiger partial charge in [0.05, 0.1) is 0 Å². The summed E-state index contributed by atoms with van der Waals surface area (Å²) in [7, 11) is 0. The summed E-state index contributed by atoms with van der Waals surface area (Å²) >= 11 is 0. The number of hydrogen-bond acceptors (Lipinski definition) is 2. The summed E-state index contributed by atoms with van der Waals surface area (Å²) in [6.45, 7) is 3.81. The molecule has 0 aromatic rings. The number of rotatable bonds is 3. The van der Waals surface area contributed by atoms with Crippen molar-refractivity contribution in [3.05, 3.63) is 0 Å². The fourth-order valence-electron chi connectivity index (χ4n) is 1.45. The Morgan fingerprint density at radius 1 is 1.44 bits per heavy atom. The first-order chi connectivity index (χ1) is 4.29. The molecule has 0 spiro atoms. The Kier molecular flexibility index (Phi) is 2.09. The normalized spacial score (nSPS) is 33.3. The van der Waals surface area contributed by atoms with Crippen molar-refractivity contribution in [3.63, 3.8) is 0 Å². The van der Waals surface area contributed by atoms with E-state index in [1.54, 1.807) is 0 Å². The lowest BCUT2D eigenvalue weighted by atomic mass is 10.0. The Balaban J connectivity index is 2.23. The van der Waals surface area contributed by atoms with Crippen molar-refractivity contribution in [3.8, 4) is 0 Å². The average molecular weight is 128 g/mol. The Labute approximate surface area is 56.6 Å². The zero-order valence-electron chi connectivity index (χ0n) is 6.01. The van der Waals surface area contributed by atoms with E-state index in [4.69, 9.17) is 11.5 Å². The Bertz CT molecular complexity index is 88.9. The van der Waals surface area contributed by atoms with Crippen molar-refractivity contribution >= 4 is 0 Å². The molecule has 0 heterocycles. The van der Waals surface area contributed by atoms with Gasteiger partial charge in [0.1, 0.15) is 0 Å². The van der Waals surface area contributed by atoms with E-state index in [0.29, 0.717) is 5.92 Å². The highest BCUT2D eigenvalue weighted by Gasteiger charge is 2.37. The van der Waals surface area contributed by atoms with Crippen LogP contribution in [0.25, 0.3) is 0 Å². The Morgan fingerprint density at radius 2 is 1.89 bits per heavy atom. The highest BCUT2D eigenvalue weighted by molar-refractivity contribution is 4.88. The van der Waals surface area contributed by atoms with Gasteiger partial charge in [-0.25, -0.2) is 0 Å². The largest absolute Gasteiger partial charge is 0.330 e. The van der Waals surface area contributed by atoms with Gasteiger partial charge < -0.3 is 11.5 Å². The van der Waals surface area contributed by atoms with E-state index in [1.807, 2.05) is 0 Å². The molecule has 0 aliphatic heterocycles. The zero-order valence-corrected chi connectivity index (χ0v) is 6.01. The SMILES string of the molecule is CC1CC1C(CN)CN. The molecular weight excluding hydrogens is 112 g/mol. The lowest BCUT2D eigenvalue weighted by molar-refractivity contribution is 0.462. The molecule has 2 unspecified atom stereocenters. The minimum atomic E-state index is 0.597. The van der Waals surface area contributed by atoms with Gasteiger partial charge in [0, 0.05) is 0 Å². The zero-order chi connectivity index (χ0) is 6.85. The standard InChI is InChI=1S/C7H16N2/c1-5-2-7(5)6(3-8)4-9/h5-7H,2-4,8-9H2,1H3. The predicted molar refractivity (Wildman–Crippen MR) is 38.9 cm³/mol. The van der Waals surface area contributed by atoms with Gasteiger partial charge in [0.15, 0.2) is 0 Å². The molecule has 4 N–H and O–H groups in total. The topological polar surface area (TPSA) is 52.0 Å². The van der Waals surface area contributed by atoms with Gasteiger partial charge in [0.2, 0.25) is 0 Å². The van der Waals surface area contributed by atoms with E-state index in [1.165, 1.54) is 6.42 Å². The molecule has 0 aromatic carbocycles. The second-order valence-electron chi connectivity index (χ2n) is 3.11. The summed E-state index contributed by atoms with van der Waals surface area (Å²) in [5, 5.41) is 0. The van der Waals surface area contributed by atoms with Crippen LogP contribution in [0.3, 0.4) is 0 Å². The van der Waals surface area contributed by atoms with E-state index in [2.05, 4.69) is 6.92 Å². The average Bonchev–Trinajstić information content (AvgIpc) is 2.51. The molecule has 1 aliphatic rings. The van der Waals surface area contributed by atoms with Crippen LogP contribution in [-0.4, -0.2) is 13.1 Å². The summed E-state index contributed by atoms with van der Waals surface area (Å²) in [5.41, 5.74) is 11.0. The van der Waals surface area contributed by atoms with Crippen molar-refractivity contribution in [1.29, 1.82) is 0 Å². The third-order valence-corrected chi connectivity index (χ3v) is 2.38. The second kappa shape index (κ2) is 2.67. The lowest BCUT2D eigenvalue weighted by Gasteiger charge is -2.09. The van der Waals surface area contributed by atoms with Crippen molar-refractivity contribution in [2.75, 3.05) is 13.1 Å². The van der Waals surface area contributed by atoms with Gasteiger partial charge in [-0.3, -0.25) is 0 Å². The molecule has 2 heteroatoms. The Hall–Kier alpha value is -0.0800. The molecule has 1 rings (SSSR count). The number of nitrogens with two attached hydrogens (primary N) is 2. The molecule has 1 aliphatic carbocycles. The summed E-state index contributed by atoms with van der Waals surface area (Å²) in [6.07, 6.45) is 1.35. The molecule has 0 amide bonds. The molecule has 2 nitrogen and oxygen atoms in total. The molecule has 0 aromatic heterocycles. The summed E-state index contributed by atoms with van der Waals surface area (Å²) in [5.74, 6) is 2.34. The number of hydrogen-bond donors (Lipinski definition) is 2. The van der Waals surface area contributed by atoms with Gasteiger partial charge in [-0.05, 0) is 37.3 Å². The highest BCUT2D eigenvalue weighted by Crippen LogP contribution is 2.42. The molecule has 0 radical (unpaired) electrons. The second-order valence-corrected chi connectivity index (χ2v) is 3.11. The minimum Gasteiger partial charge on any atom is -0.330 e. The van der Waals surface area contributed by atoms with Gasteiger partial charge in [-0.15, -0.1) is 0 Å². The predicted octanol–water partition coefficient (Wildman–Crippen LogP) is 0.176. The lowest BCUT2D eigenvalue weighted by Crippen LogP contribution is -2.25. The highest BCUT2D eigenvalue weighted by atomic mass is 14.7. The van der Waals surface area contributed by atoms with Crippen LogP contribution >= 0.6 is 0 Å². The maximum Gasteiger partial charge on any atom is -0.00340 e. The van der Waals surface area contributed by atoms with Crippen LogP contribution in [0, 0.1) is 17.8 Å². The van der Waals surface area contributed by atoms with Crippen LogP contribution in [0.5, 0.6) is 0 Å². The monoisotopic (exact) mass is 128 g/mol. The maximum absolute atomic E-state index is 5.51. The summed E-state index contributed by atoms with van der Waals surface area (Å²) in [6, 6.07) is 0. The van der Waals surface area contributed by atoms with Crippen molar-refractivity contribution in [1.82, 2.24) is 0 Å². The van der Waals surface area contributed by atoms with Gasteiger partial charge in [0.25, 0.3) is 0 Å². The molecule has 54 valence electrons. The van der Waals surface area contributed by atoms with Crippen molar-refractivity contribution in [2.45, 2.75) is 13.3 Å². The molecule has 0 bridgehead atoms. The van der Waals surface area contributed by atoms with Crippen LogP contribution in [0.15, 0.2) is 0 Å². The van der Waals surface area contributed by atoms with Crippen LogP contribution < -0.4 is 11.5 Å². The van der Waals surface area contributed by atoms with Crippen molar-refractivity contribution in [2.24, 2.45) is 29.2 Å². The third-order valence-electron chi connectivity index (χ3n) is 2.38. The van der Waals surface area contributed by atoms with Crippen LogP contribution in [0.1, 0.15) is 13.3 Å². The van der Waals surface area contributed by atoms with E-state index >= 15 is 0 Å². The van der Waals surface area contributed by atoms with Crippen LogP contribution in [0.4, 0.5) is 0 Å². The molecule has 1 fully saturated rings. The first kappa shape index (κ1) is 7.03. The van der Waals surface area contributed by atoms with E-state index in [0.717, 1.165) is 24.9 Å². The van der Waals surface area contributed by atoms with Crippen LogP contribution in [-0.2, 0) is 0 Å². The summed E-state index contributed by atoms with van der Waals surface area (Å²) < 4.78 is 0. The molecule has 2 atom stereocenters.